The maximum absolute atomic E-state index is 2.60. The average molecular weight is 1070 g/mol. The second-order valence-corrected chi connectivity index (χ2v) is 22.7. The van der Waals surface area contributed by atoms with Gasteiger partial charge in [-0.15, -0.1) is 0 Å². The van der Waals surface area contributed by atoms with Gasteiger partial charge in [0.15, 0.2) is 0 Å². The average Bonchev–Trinajstić information content (AvgIpc) is 1.99. The minimum absolute atomic E-state index is 0.998. The summed E-state index contributed by atoms with van der Waals surface area (Å²) in [7, 11) is 0. The SMILES string of the molecule is C1=c2c(n(-c3ccccc3)c3c2ccc2c4ccccc4n(-c4cc(-n5c6ccccc6c6ccc7c8ccccc8n(-c8ccccc8)c7c65)cc(-n5c6ccccc6c6ccc7c8ccccc8n(-c8ccccc8)c7c65)c4)c23)=CCC1. The molecule has 18 aromatic rings. The van der Waals surface area contributed by atoms with Crippen LogP contribution in [0.3, 0.4) is 0 Å². The zero-order valence-corrected chi connectivity index (χ0v) is 45.7. The van der Waals surface area contributed by atoms with Crippen molar-refractivity contribution in [1.29, 1.82) is 0 Å². The van der Waals surface area contributed by atoms with Gasteiger partial charge in [0.2, 0.25) is 0 Å². The van der Waals surface area contributed by atoms with Crippen LogP contribution in [0.15, 0.2) is 267 Å². The summed E-state index contributed by atoms with van der Waals surface area (Å²) in [6, 6.07) is 99.4. The molecule has 6 heterocycles. The van der Waals surface area contributed by atoms with Gasteiger partial charge in [0.25, 0.3) is 0 Å². The van der Waals surface area contributed by atoms with E-state index in [1.807, 2.05) is 0 Å². The molecule has 0 bridgehead atoms. The van der Waals surface area contributed by atoms with E-state index >= 15 is 0 Å². The molecule has 0 unspecified atom stereocenters. The number of aromatic nitrogens is 6. The first-order chi connectivity index (χ1) is 41.7. The molecule has 6 nitrogen and oxygen atoms in total. The van der Waals surface area contributed by atoms with Crippen molar-refractivity contribution < 1.29 is 0 Å². The second-order valence-electron chi connectivity index (χ2n) is 22.7. The van der Waals surface area contributed by atoms with E-state index in [-0.39, 0.29) is 0 Å². The van der Waals surface area contributed by atoms with Crippen LogP contribution in [0.1, 0.15) is 12.8 Å². The molecule has 0 aliphatic heterocycles. The highest BCUT2D eigenvalue weighted by Crippen LogP contribution is 2.46. The number of hydrogen-bond acceptors (Lipinski definition) is 0. The Balaban J connectivity index is 1.04. The number of hydrogen-bond donors (Lipinski definition) is 0. The zero-order valence-electron chi connectivity index (χ0n) is 45.7. The highest BCUT2D eigenvalue weighted by Gasteiger charge is 2.27. The lowest BCUT2D eigenvalue weighted by molar-refractivity contribution is 1.02. The van der Waals surface area contributed by atoms with Crippen LogP contribution in [0.4, 0.5) is 0 Å². The summed E-state index contributed by atoms with van der Waals surface area (Å²) < 4.78 is 15.3. The van der Waals surface area contributed by atoms with Gasteiger partial charge < -0.3 is 27.4 Å². The normalized spacial score (nSPS) is 12.9. The van der Waals surface area contributed by atoms with E-state index in [1.165, 1.54) is 103 Å². The van der Waals surface area contributed by atoms with Crippen molar-refractivity contribution in [3.8, 4) is 34.1 Å². The molecule has 1 aliphatic rings. The Hall–Kier alpha value is -11.1. The Morgan fingerprint density at radius 1 is 0.190 bits per heavy atom. The fraction of sp³-hybridized carbons (Fsp3) is 0.0256. The highest BCUT2D eigenvalue weighted by molar-refractivity contribution is 6.26. The third-order valence-corrected chi connectivity index (χ3v) is 18.3. The van der Waals surface area contributed by atoms with Crippen LogP contribution in [0.25, 0.3) is 166 Å². The standard InChI is InChI=1S/C78H50N6/c1-4-22-49(23-5-1)79-67-34-16-10-28-55(67)61-40-43-64-58-31-13-19-37-70(58)82(76(64)73(61)79)52-46-53(83-71-38-20-14-32-59(71)65-44-41-62-56-29-11-17-35-68(56)80(74(62)77(65)83)50-24-6-2-7-25-50)48-54(47-52)84-72-39-21-15-33-60(72)66-45-42-63-57-30-12-18-36-69(57)81(75(63)78(66)84)51-26-8-3-9-27-51/h1-11,13-17,19-48H,12,18H2. The molecular weight excluding hydrogens is 1020 g/mol. The summed E-state index contributed by atoms with van der Waals surface area (Å²) in [6.45, 7) is 0. The van der Waals surface area contributed by atoms with Crippen LogP contribution < -0.4 is 10.6 Å². The predicted molar refractivity (Wildman–Crippen MR) is 352 cm³/mol. The first-order valence-electron chi connectivity index (χ1n) is 29.3. The van der Waals surface area contributed by atoms with Crippen molar-refractivity contribution in [2.45, 2.75) is 12.8 Å². The third kappa shape index (κ3) is 6.13. The fourth-order valence-corrected chi connectivity index (χ4v) is 15.0. The molecule has 84 heavy (non-hydrogen) atoms. The Morgan fingerprint density at radius 3 is 0.774 bits per heavy atom. The van der Waals surface area contributed by atoms with E-state index in [2.05, 4.69) is 306 Å². The minimum atomic E-state index is 0.998. The topological polar surface area (TPSA) is 29.6 Å². The van der Waals surface area contributed by atoms with Crippen molar-refractivity contribution in [2.24, 2.45) is 0 Å². The molecule has 0 amide bonds. The fourth-order valence-electron chi connectivity index (χ4n) is 15.0. The van der Waals surface area contributed by atoms with Crippen molar-refractivity contribution in [3.05, 3.63) is 277 Å². The maximum Gasteiger partial charge on any atom is 0.0788 e. The number of rotatable bonds is 6. The molecule has 12 aromatic carbocycles. The molecule has 6 heteroatoms. The molecule has 1 aliphatic carbocycles. The van der Waals surface area contributed by atoms with E-state index in [1.54, 1.807) is 0 Å². The van der Waals surface area contributed by atoms with Crippen molar-refractivity contribution in [3.63, 3.8) is 0 Å². The monoisotopic (exact) mass is 1070 g/mol. The Morgan fingerprint density at radius 2 is 0.440 bits per heavy atom. The molecule has 0 N–H and O–H groups in total. The van der Waals surface area contributed by atoms with Gasteiger partial charge in [0, 0.05) is 86.9 Å². The first kappa shape index (κ1) is 45.6. The summed E-state index contributed by atoms with van der Waals surface area (Å²) >= 11 is 0. The van der Waals surface area contributed by atoms with Crippen LogP contribution in [-0.4, -0.2) is 27.4 Å². The first-order valence-corrected chi connectivity index (χ1v) is 29.3. The summed E-state index contributed by atoms with van der Waals surface area (Å²) in [4.78, 5) is 0. The van der Waals surface area contributed by atoms with Gasteiger partial charge in [0.05, 0.1) is 77.7 Å². The molecule has 0 fully saturated rings. The van der Waals surface area contributed by atoms with Gasteiger partial charge in [-0.1, -0.05) is 194 Å². The van der Waals surface area contributed by atoms with Crippen molar-refractivity contribution in [1.82, 2.24) is 27.4 Å². The number of nitrogens with zero attached hydrogens (tertiary/aromatic N) is 6. The quantitative estimate of drug-likeness (QED) is 0.159. The van der Waals surface area contributed by atoms with Gasteiger partial charge in [-0.05, 0) is 97.8 Å². The van der Waals surface area contributed by atoms with E-state index < -0.39 is 0 Å². The van der Waals surface area contributed by atoms with Gasteiger partial charge >= 0.3 is 0 Å². The maximum atomic E-state index is 2.60. The molecule has 0 radical (unpaired) electrons. The minimum Gasteiger partial charge on any atom is -0.308 e. The lowest BCUT2D eigenvalue weighted by Crippen LogP contribution is -2.30. The number of benzene rings is 12. The van der Waals surface area contributed by atoms with Crippen molar-refractivity contribution in [2.75, 3.05) is 0 Å². The number of fused-ring (bicyclic) bond motifs is 21. The smallest absolute Gasteiger partial charge is 0.0788 e. The summed E-state index contributed by atoms with van der Waals surface area (Å²) in [5, 5.41) is 15.9. The molecule has 0 spiro atoms. The van der Waals surface area contributed by atoms with Crippen LogP contribution in [0.5, 0.6) is 0 Å². The number of para-hydroxylation sites is 8. The van der Waals surface area contributed by atoms with Gasteiger partial charge in [-0.2, -0.15) is 0 Å². The van der Waals surface area contributed by atoms with Crippen molar-refractivity contribution >= 4 is 132 Å². The van der Waals surface area contributed by atoms with Gasteiger partial charge in [-0.25, -0.2) is 0 Å². The molecule has 392 valence electrons. The zero-order chi connectivity index (χ0) is 54.7. The molecule has 0 saturated heterocycles. The highest BCUT2D eigenvalue weighted by atomic mass is 15.1. The molecule has 0 atom stereocenters. The van der Waals surface area contributed by atoms with Crippen LogP contribution >= 0.6 is 0 Å². The van der Waals surface area contributed by atoms with Crippen LogP contribution in [-0.2, 0) is 0 Å². The van der Waals surface area contributed by atoms with Crippen LogP contribution in [0.2, 0.25) is 0 Å². The predicted octanol–water partition coefficient (Wildman–Crippen LogP) is 18.5. The lowest BCUT2D eigenvalue weighted by atomic mass is 10.1. The Labute approximate surface area is 481 Å². The summed E-state index contributed by atoms with van der Waals surface area (Å²) in [6.07, 6.45) is 6.93. The summed E-state index contributed by atoms with van der Waals surface area (Å²) in [5.74, 6) is 0. The van der Waals surface area contributed by atoms with Gasteiger partial charge in [-0.3, -0.25) is 0 Å². The molecule has 0 saturated carbocycles. The molecule has 6 aromatic heterocycles. The third-order valence-electron chi connectivity index (χ3n) is 18.3. The van der Waals surface area contributed by atoms with Crippen LogP contribution in [0, 0.1) is 0 Å². The lowest BCUT2D eigenvalue weighted by Gasteiger charge is -2.19. The molecular formula is C78H50N6. The van der Waals surface area contributed by atoms with E-state index in [0.717, 1.165) is 74.5 Å². The van der Waals surface area contributed by atoms with E-state index in [0.29, 0.717) is 0 Å². The van der Waals surface area contributed by atoms with E-state index in [4.69, 9.17) is 0 Å². The summed E-state index contributed by atoms with van der Waals surface area (Å²) in [5.41, 5.74) is 19.4. The van der Waals surface area contributed by atoms with E-state index in [9.17, 15) is 0 Å². The largest absolute Gasteiger partial charge is 0.308 e. The Bertz CT molecular complexity index is 5710. The Kier molecular flexibility index (Phi) is 9.36. The molecule has 19 rings (SSSR count). The second kappa shape index (κ2) is 17.2. The van der Waals surface area contributed by atoms with Gasteiger partial charge in [0.1, 0.15) is 0 Å².